The molecule has 1 atom stereocenters. The number of para-hydroxylation sites is 2. The molecule has 6 aromatic carbocycles. The molecule has 3 heterocycles. The molecule has 1 aliphatic carbocycles. The van der Waals surface area contributed by atoms with Crippen LogP contribution in [-0.4, -0.2) is 14.5 Å². The van der Waals surface area contributed by atoms with Gasteiger partial charge in [0.25, 0.3) is 0 Å². The van der Waals surface area contributed by atoms with Gasteiger partial charge in [0.1, 0.15) is 11.3 Å². The number of benzene rings is 6. The van der Waals surface area contributed by atoms with Crippen LogP contribution in [0.25, 0.3) is 72.0 Å². The quantitative estimate of drug-likeness (QED) is 0.206. The predicted molar refractivity (Wildman–Crippen MR) is 187 cm³/mol. The van der Waals surface area contributed by atoms with E-state index in [4.69, 9.17) is 14.4 Å². The number of hydrogen-bond acceptors (Lipinski definition) is 3. The molecule has 0 fully saturated rings. The van der Waals surface area contributed by atoms with Crippen LogP contribution in [0, 0.1) is 0 Å². The highest BCUT2D eigenvalue weighted by Crippen LogP contribution is 2.56. The predicted octanol–water partition coefficient (Wildman–Crippen LogP) is 10.5. The SMILES string of the molecule is CC1(c2ccccc2)c2ccccc2-c2c1oc1c2ccc2c3ccccc3n(-c3nc(-c4ccccc4)c4ccccc4n3)c21. The monoisotopic (exact) mass is 589 g/mol. The van der Waals surface area contributed by atoms with E-state index in [1.165, 1.54) is 22.3 Å². The Hall–Kier alpha value is -6.00. The topological polar surface area (TPSA) is 43.9 Å². The fraction of sp³-hybridized carbons (Fsp3) is 0.0476. The van der Waals surface area contributed by atoms with Crippen LogP contribution in [0.15, 0.2) is 150 Å². The molecule has 10 rings (SSSR count). The van der Waals surface area contributed by atoms with E-state index in [0.29, 0.717) is 5.95 Å². The van der Waals surface area contributed by atoms with Gasteiger partial charge in [0.15, 0.2) is 5.58 Å². The number of rotatable bonds is 3. The molecule has 0 aliphatic heterocycles. The summed E-state index contributed by atoms with van der Waals surface area (Å²) in [5, 5.41) is 4.38. The summed E-state index contributed by atoms with van der Waals surface area (Å²) in [6.45, 7) is 2.29. The van der Waals surface area contributed by atoms with Crippen molar-refractivity contribution >= 4 is 43.7 Å². The van der Waals surface area contributed by atoms with Crippen molar-refractivity contribution in [3.63, 3.8) is 0 Å². The lowest BCUT2D eigenvalue weighted by molar-refractivity contribution is 0.486. The van der Waals surface area contributed by atoms with E-state index in [1.807, 2.05) is 18.2 Å². The maximum absolute atomic E-state index is 7.19. The van der Waals surface area contributed by atoms with Crippen LogP contribution in [0.4, 0.5) is 0 Å². The summed E-state index contributed by atoms with van der Waals surface area (Å²) in [4.78, 5) is 10.5. The van der Waals surface area contributed by atoms with Crippen LogP contribution < -0.4 is 0 Å². The molecule has 46 heavy (non-hydrogen) atoms. The minimum atomic E-state index is -0.435. The van der Waals surface area contributed by atoms with Gasteiger partial charge < -0.3 is 4.42 Å². The molecular weight excluding hydrogens is 562 g/mol. The first-order valence-corrected chi connectivity index (χ1v) is 15.7. The van der Waals surface area contributed by atoms with Crippen LogP contribution in [0.2, 0.25) is 0 Å². The van der Waals surface area contributed by atoms with E-state index in [2.05, 4.69) is 139 Å². The van der Waals surface area contributed by atoms with Crippen LogP contribution in [0.1, 0.15) is 23.8 Å². The smallest absolute Gasteiger partial charge is 0.235 e. The Kier molecular flexibility index (Phi) is 5.10. The van der Waals surface area contributed by atoms with Gasteiger partial charge in [-0.25, -0.2) is 9.97 Å². The zero-order valence-corrected chi connectivity index (χ0v) is 25.1. The first-order chi connectivity index (χ1) is 22.7. The van der Waals surface area contributed by atoms with Crippen molar-refractivity contribution in [2.75, 3.05) is 0 Å². The third kappa shape index (κ3) is 3.28. The summed E-state index contributed by atoms with van der Waals surface area (Å²) >= 11 is 0. The standard InChI is InChI=1S/C42H27N3O/c1-42(27-16-6-3-7-17-27)33-21-11-8-19-30(33)36-32-25-24-29-28-18-10-13-23-35(28)45(38(29)39(32)46-40(36)42)41-43-34-22-12-9-20-31(34)37(44-41)26-14-4-2-5-15-26/h2-25H,1H3. The van der Waals surface area contributed by atoms with Gasteiger partial charge in [-0.3, -0.25) is 4.57 Å². The lowest BCUT2D eigenvalue weighted by atomic mass is 9.77. The Morgan fingerprint density at radius 2 is 1.26 bits per heavy atom. The Morgan fingerprint density at radius 3 is 2.11 bits per heavy atom. The summed E-state index contributed by atoms with van der Waals surface area (Å²) in [5.74, 6) is 1.60. The molecule has 3 aromatic heterocycles. The Labute approximate surface area is 265 Å². The molecule has 0 amide bonds. The first kappa shape index (κ1) is 25.3. The molecule has 0 saturated heterocycles. The maximum Gasteiger partial charge on any atom is 0.235 e. The highest BCUT2D eigenvalue weighted by atomic mass is 16.3. The molecular formula is C42H27N3O. The van der Waals surface area contributed by atoms with Gasteiger partial charge in [0.05, 0.1) is 22.1 Å². The van der Waals surface area contributed by atoms with Crippen molar-refractivity contribution in [3.8, 4) is 28.3 Å². The number of furan rings is 1. The second kappa shape index (κ2) is 9.26. The molecule has 0 radical (unpaired) electrons. The zero-order chi connectivity index (χ0) is 30.4. The molecule has 9 aromatic rings. The van der Waals surface area contributed by atoms with Crippen molar-refractivity contribution in [2.24, 2.45) is 0 Å². The summed E-state index contributed by atoms with van der Waals surface area (Å²) in [5.41, 5.74) is 10.2. The molecule has 1 unspecified atom stereocenters. The lowest BCUT2D eigenvalue weighted by Crippen LogP contribution is -2.21. The minimum Gasteiger partial charge on any atom is -0.457 e. The van der Waals surface area contributed by atoms with E-state index >= 15 is 0 Å². The van der Waals surface area contributed by atoms with Crippen molar-refractivity contribution in [1.29, 1.82) is 0 Å². The van der Waals surface area contributed by atoms with Crippen LogP contribution in [0.3, 0.4) is 0 Å². The largest absolute Gasteiger partial charge is 0.457 e. The zero-order valence-electron chi connectivity index (χ0n) is 25.1. The summed E-state index contributed by atoms with van der Waals surface area (Å²) in [7, 11) is 0. The average Bonchev–Trinajstić information content (AvgIpc) is 3.76. The van der Waals surface area contributed by atoms with Gasteiger partial charge in [-0.1, -0.05) is 127 Å². The fourth-order valence-electron chi connectivity index (χ4n) is 7.73. The van der Waals surface area contributed by atoms with Crippen LogP contribution >= 0.6 is 0 Å². The molecule has 4 nitrogen and oxygen atoms in total. The summed E-state index contributed by atoms with van der Waals surface area (Å²) < 4.78 is 9.40. The van der Waals surface area contributed by atoms with Gasteiger partial charge in [-0.15, -0.1) is 0 Å². The van der Waals surface area contributed by atoms with Gasteiger partial charge in [-0.05, 0) is 41.8 Å². The number of hydrogen-bond donors (Lipinski definition) is 0. The summed E-state index contributed by atoms with van der Waals surface area (Å²) in [6, 6.07) is 51.1. The number of nitrogens with zero attached hydrogens (tertiary/aromatic N) is 3. The van der Waals surface area contributed by atoms with Gasteiger partial charge >= 0.3 is 0 Å². The Bertz CT molecular complexity index is 2650. The van der Waals surface area contributed by atoms with Gasteiger partial charge in [-0.2, -0.15) is 0 Å². The molecule has 0 spiro atoms. The molecule has 4 heteroatoms. The van der Waals surface area contributed by atoms with Gasteiger partial charge in [0, 0.05) is 32.7 Å². The second-order valence-corrected chi connectivity index (χ2v) is 12.3. The van der Waals surface area contributed by atoms with Gasteiger partial charge in [0.2, 0.25) is 5.95 Å². The summed E-state index contributed by atoms with van der Waals surface area (Å²) in [6.07, 6.45) is 0. The Morgan fingerprint density at radius 1 is 0.587 bits per heavy atom. The molecule has 0 saturated carbocycles. The molecule has 1 aliphatic rings. The third-order valence-electron chi connectivity index (χ3n) is 9.87. The maximum atomic E-state index is 7.19. The van der Waals surface area contributed by atoms with Crippen molar-refractivity contribution in [1.82, 2.24) is 14.5 Å². The van der Waals surface area contributed by atoms with Crippen molar-refractivity contribution in [3.05, 3.63) is 162 Å². The van der Waals surface area contributed by atoms with E-state index in [1.54, 1.807) is 0 Å². The van der Waals surface area contributed by atoms with E-state index in [9.17, 15) is 0 Å². The molecule has 0 bridgehead atoms. The second-order valence-electron chi connectivity index (χ2n) is 12.3. The van der Waals surface area contributed by atoms with E-state index in [-0.39, 0.29) is 0 Å². The third-order valence-corrected chi connectivity index (χ3v) is 9.87. The minimum absolute atomic E-state index is 0.435. The fourth-order valence-corrected chi connectivity index (χ4v) is 7.73. The van der Waals surface area contributed by atoms with E-state index < -0.39 is 5.41 Å². The number of aromatic nitrogens is 3. The first-order valence-electron chi connectivity index (χ1n) is 15.7. The highest BCUT2D eigenvalue weighted by molar-refractivity contribution is 6.20. The number of fused-ring (bicyclic) bond motifs is 10. The lowest BCUT2D eigenvalue weighted by Gasteiger charge is -2.25. The molecule has 0 N–H and O–H groups in total. The molecule has 216 valence electrons. The average molecular weight is 590 g/mol. The van der Waals surface area contributed by atoms with Crippen LogP contribution in [-0.2, 0) is 5.41 Å². The van der Waals surface area contributed by atoms with Crippen molar-refractivity contribution < 1.29 is 4.42 Å². The highest BCUT2D eigenvalue weighted by Gasteiger charge is 2.45. The Balaban J connectivity index is 1.35. The van der Waals surface area contributed by atoms with Crippen LogP contribution in [0.5, 0.6) is 0 Å². The van der Waals surface area contributed by atoms with E-state index in [0.717, 1.165) is 60.7 Å². The van der Waals surface area contributed by atoms with Crippen molar-refractivity contribution in [2.45, 2.75) is 12.3 Å². The normalized spacial score (nSPS) is 15.6.